The van der Waals surface area contributed by atoms with Gasteiger partial charge in [0.2, 0.25) is 11.8 Å². The van der Waals surface area contributed by atoms with Gasteiger partial charge >= 0.3 is 0 Å². The smallest absolute Gasteiger partial charge is 0.264 e. The van der Waals surface area contributed by atoms with E-state index in [1.807, 2.05) is 27.7 Å². The second kappa shape index (κ2) is 13.1. The summed E-state index contributed by atoms with van der Waals surface area (Å²) in [6.07, 6.45) is 0.322. The van der Waals surface area contributed by atoms with E-state index in [4.69, 9.17) is 23.2 Å². The highest BCUT2D eigenvalue weighted by molar-refractivity contribution is 7.92. The van der Waals surface area contributed by atoms with Crippen LogP contribution in [0.15, 0.2) is 77.7 Å². The standard InChI is InChI=1S/C30H35Cl2N3O4S/c1-6-27(29(37)33-30(3,4)5)34(19-22-13-15-23(31)16-14-22)28(36)20-35(24-17-12-21(2)26(32)18-24)40(38,39)25-10-8-7-9-11-25/h7-18,27H,6,19-20H2,1-5H3,(H,33,37). The van der Waals surface area contributed by atoms with Crippen molar-refractivity contribution in [2.45, 2.75) is 64.1 Å². The third kappa shape index (κ3) is 7.99. The summed E-state index contributed by atoms with van der Waals surface area (Å²) in [4.78, 5) is 28.9. The van der Waals surface area contributed by atoms with E-state index in [2.05, 4.69) is 5.32 Å². The van der Waals surface area contributed by atoms with Crippen molar-refractivity contribution in [2.24, 2.45) is 0 Å². The minimum atomic E-state index is -4.16. The molecule has 0 fully saturated rings. The number of benzene rings is 3. The number of carbonyl (C=O) groups excluding carboxylic acids is 2. The van der Waals surface area contributed by atoms with Crippen LogP contribution in [0, 0.1) is 6.92 Å². The van der Waals surface area contributed by atoms with Gasteiger partial charge in [-0.15, -0.1) is 0 Å². The molecule has 0 aliphatic carbocycles. The second-order valence-corrected chi connectivity index (χ2v) is 13.3. The van der Waals surface area contributed by atoms with Crippen molar-refractivity contribution >= 4 is 50.7 Å². The van der Waals surface area contributed by atoms with Crippen LogP contribution in [-0.4, -0.2) is 43.3 Å². The number of sulfonamides is 1. The average Bonchev–Trinajstić information content (AvgIpc) is 2.89. The molecule has 7 nitrogen and oxygen atoms in total. The molecule has 1 N–H and O–H groups in total. The molecule has 214 valence electrons. The number of amides is 2. The van der Waals surface area contributed by atoms with Crippen LogP contribution < -0.4 is 9.62 Å². The number of nitrogens with one attached hydrogen (secondary N) is 1. The molecule has 0 aliphatic heterocycles. The molecule has 0 spiro atoms. The molecule has 40 heavy (non-hydrogen) atoms. The number of hydrogen-bond acceptors (Lipinski definition) is 4. The zero-order valence-electron chi connectivity index (χ0n) is 23.3. The van der Waals surface area contributed by atoms with Crippen LogP contribution in [0.2, 0.25) is 10.0 Å². The van der Waals surface area contributed by atoms with E-state index in [9.17, 15) is 18.0 Å². The van der Waals surface area contributed by atoms with Crippen LogP contribution in [0.5, 0.6) is 0 Å². The quantitative estimate of drug-likeness (QED) is 0.298. The van der Waals surface area contributed by atoms with Gasteiger partial charge in [-0.25, -0.2) is 8.42 Å². The highest BCUT2D eigenvalue weighted by atomic mass is 35.5. The summed E-state index contributed by atoms with van der Waals surface area (Å²) in [6.45, 7) is 8.74. The predicted molar refractivity (Wildman–Crippen MR) is 161 cm³/mol. The molecule has 10 heteroatoms. The Morgan fingerprint density at radius 1 is 0.950 bits per heavy atom. The Bertz CT molecular complexity index is 1440. The fourth-order valence-corrected chi connectivity index (χ4v) is 5.87. The van der Waals surface area contributed by atoms with Crippen LogP contribution >= 0.6 is 23.2 Å². The van der Waals surface area contributed by atoms with E-state index in [1.165, 1.54) is 23.1 Å². The van der Waals surface area contributed by atoms with Crippen LogP contribution in [-0.2, 0) is 26.2 Å². The van der Waals surface area contributed by atoms with Gasteiger partial charge in [0, 0.05) is 22.1 Å². The van der Waals surface area contributed by atoms with Gasteiger partial charge in [0.25, 0.3) is 10.0 Å². The summed E-state index contributed by atoms with van der Waals surface area (Å²) in [6, 6.07) is 18.8. The minimum Gasteiger partial charge on any atom is -0.350 e. The van der Waals surface area contributed by atoms with Gasteiger partial charge in [-0.2, -0.15) is 0 Å². The van der Waals surface area contributed by atoms with Gasteiger partial charge in [0.05, 0.1) is 10.6 Å². The fraction of sp³-hybridized carbons (Fsp3) is 0.333. The third-order valence-electron chi connectivity index (χ3n) is 6.20. The van der Waals surface area contributed by atoms with Gasteiger partial charge < -0.3 is 10.2 Å². The van der Waals surface area contributed by atoms with Crippen molar-refractivity contribution in [3.05, 3.63) is 94.0 Å². The Balaban J connectivity index is 2.08. The summed E-state index contributed by atoms with van der Waals surface area (Å²) in [5.41, 5.74) is 1.23. The number of hydrogen-bond donors (Lipinski definition) is 1. The van der Waals surface area contributed by atoms with E-state index in [0.717, 1.165) is 15.4 Å². The number of rotatable bonds is 10. The maximum Gasteiger partial charge on any atom is 0.264 e. The number of aryl methyl sites for hydroxylation is 1. The van der Waals surface area contributed by atoms with Gasteiger partial charge in [0.1, 0.15) is 12.6 Å². The second-order valence-electron chi connectivity index (χ2n) is 10.6. The summed E-state index contributed by atoms with van der Waals surface area (Å²) in [5.74, 6) is -0.866. The third-order valence-corrected chi connectivity index (χ3v) is 8.65. The van der Waals surface area contributed by atoms with Crippen LogP contribution in [0.4, 0.5) is 5.69 Å². The molecule has 0 saturated carbocycles. The first-order chi connectivity index (χ1) is 18.7. The maximum atomic E-state index is 14.1. The molecule has 0 bridgehead atoms. The average molecular weight is 605 g/mol. The van der Waals surface area contributed by atoms with Crippen LogP contribution in [0.1, 0.15) is 45.2 Å². The minimum absolute atomic E-state index is 0.0289. The lowest BCUT2D eigenvalue weighted by Crippen LogP contribution is -2.55. The first-order valence-electron chi connectivity index (χ1n) is 12.9. The molecule has 3 aromatic carbocycles. The lowest BCUT2D eigenvalue weighted by molar-refractivity contribution is -0.141. The molecule has 0 saturated heterocycles. The lowest BCUT2D eigenvalue weighted by Gasteiger charge is -2.34. The monoisotopic (exact) mass is 603 g/mol. The van der Waals surface area contributed by atoms with E-state index in [0.29, 0.717) is 16.5 Å². The Kier molecular flexibility index (Phi) is 10.3. The molecule has 0 heterocycles. The van der Waals surface area contributed by atoms with E-state index in [-0.39, 0.29) is 23.0 Å². The van der Waals surface area contributed by atoms with E-state index < -0.39 is 34.1 Å². The summed E-state index contributed by atoms with van der Waals surface area (Å²) < 4.78 is 28.8. The zero-order chi connectivity index (χ0) is 29.7. The molecule has 3 rings (SSSR count). The van der Waals surface area contributed by atoms with Crippen molar-refractivity contribution in [2.75, 3.05) is 10.8 Å². The Morgan fingerprint density at radius 3 is 2.12 bits per heavy atom. The van der Waals surface area contributed by atoms with Crippen molar-refractivity contribution in [3.8, 4) is 0 Å². The van der Waals surface area contributed by atoms with Crippen molar-refractivity contribution in [3.63, 3.8) is 0 Å². The van der Waals surface area contributed by atoms with Crippen molar-refractivity contribution in [1.82, 2.24) is 10.2 Å². The molecule has 1 atom stereocenters. The Labute approximate surface area is 247 Å². The number of anilines is 1. The van der Waals surface area contributed by atoms with Gasteiger partial charge in [-0.1, -0.05) is 66.5 Å². The molecule has 1 unspecified atom stereocenters. The summed E-state index contributed by atoms with van der Waals surface area (Å²) in [5, 5.41) is 3.86. The van der Waals surface area contributed by atoms with E-state index >= 15 is 0 Å². The summed E-state index contributed by atoms with van der Waals surface area (Å²) in [7, 11) is -4.16. The molecule has 2 amide bonds. The predicted octanol–water partition coefficient (Wildman–Crippen LogP) is 6.22. The SMILES string of the molecule is CCC(C(=O)NC(C)(C)C)N(Cc1ccc(Cl)cc1)C(=O)CN(c1ccc(C)c(Cl)c1)S(=O)(=O)c1ccccc1. The van der Waals surface area contributed by atoms with Gasteiger partial charge in [-0.3, -0.25) is 13.9 Å². The first-order valence-corrected chi connectivity index (χ1v) is 15.1. The highest BCUT2D eigenvalue weighted by Crippen LogP contribution is 2.29. The largest absolute Gasteiger partial charge is 0.350 e. The molecule has 3 aromatic rings. The zero-order valence-corrected chi connectivity index (χ0v) is 25.6. The van der Waals surface area contributed by atoms with Crippen LogP contribution in [0.25, 0.3) is 0 Å². The molecule has 0 radical (unpaired) electrons. The van der Waals surface area contributed by atoms with Gasteiger partial charge in [-0.05, 0) is 81.6 Å². The molecular weight excluding hydrogens is 569 g/mol. The molecular formula is C30H35Cl2N3O4S. The topological polar surface area (TPSA) is 86.8 Å². The number of nitrogens with zero attached hydrogens (tertiary/aromatic N) is 2. The lowest BCUT2D eigenvalue weighted by atomic mass is 10.1. The fourth-order valence-electron chi connectivity index (χ4n) is 4.14. The summed E-state index contributed by atoms with van der Waals surface area (Å²) >= 11 is 12.4. The van der Waals surface area contributed by atoms with Gasteiger partial charge in [0.15, 0.2) is 0 Å². The highest BCUT2D eigenvalue weighted by Gasteiger charge is 2.34. The Morgan fingerprint density at radius 2 is 1.57 bits per heavy atom. The normalized spacial score (nSPS) is 12.5. The number of carbonyl (C=O) groups is 2. The Hall–Kier alpha value is -3.07. The maximum absolute atomic E-state index is 14.1. The van der Waals surface area contributed by atoms with Crippen molar-refractivity contribution < 1.29 is 18.0 Å². The number of halogens is 2. The van der Waals surface area contributed by atoms with Crippen molar-refractivity contribution in [1.29, 1.82) is 0 Å². The van der Waals surface area contributed by atoms with Crippen LogP contribution in [0.3, 0.4) is 0 Å². The molecule has 0 aromatic heterocycles. The van der Waals surface area contributed by atoms with E-state index in [1.54, 1.807) is 61.5 Å². The first kappa shape index (κ1) is 31.5. The molecule has 0 aliphatic rings.